The van der Waals surface area contributed by atoms with Crippen LogP contribution in [0.5, 0.6) is 0 Å². The summed E-state index contributed by atoms with van der Waals surface area (Å²) in [4.78, 5) is 33.2. The fraction of sp³-hybridized carbons (Fsp3) is 0.294. The van der Waals surface area contributed by atoms with Crippen LogP contribution in [0.2, 0.25) is 0 Å². The molecule has 2 amide bonds. The van der Waals surface area contributed by atoms with Gasteiger partial charge in [0, 0.05) is 47.2 Å². The van der Waals surface area contributed by atoms with Crippen molar-refractivity contribution in [2.24, 2.45) is 11.5 Å². The minimum atomic E-state index is -0.800. The van der Waals surface area contributed by atoms with Gasteiger partial charge in [-0.3, -0.25) is 9.59 Å². The van der Waals surface area contributed by atoms with Gasteiger partial charge in [0.15, 0.2) is 0 Å². The molecule has 0 aliphatic heterocycles. The molecule has 3 aromatic carbocycles. The molecule has 0 radical (unpaired) electrons. The molecular weight excluding hydrogens is 524 g/mol. The maximum absolute atomic E-state index is 13.5. The van der Waals surface area contributed by atoms with Crippen LogP contribution in [-0.4, -0.2) is 47.0 Å². The highest BCUT2D eigenvalue weighted by molar-refractivity contribution is 5.92. The maximum Gasteiger partial charge on any atom is 0.242 e. The van der Waals surface area contributed by atoms with Crippen molar-refractivity contribution in [3.63, 3.8) is 0 Å². The number of hydrogen-bond donors (Lipinski definition) is 6. The number of unbranched alkanes of at least 4 members (excludes halogenated alkanes) is 1. The number of aromatic amines is 2. The predicted octanol–water partition coefficient (Wildman–Crippen LogP) is 3.89. The number of hydrogen-bond acceptors (Lipinski definition) is 4. The fourth-order valence-corrected chi connectivity index (χ4v) is 5.44. The van der Waals surface area contributed by atoms with Gasteiger partial charge in [-0.15, -0.1) is 0 Å². The maximum atomic E-state index is 13.5. The number of H-pyrrole nitrogens is 2. The Labute approximate surface area is 246 Å². The van der Waals surface area contributed by atoms with Crippen LogP contribution in [0.3, 0.4) is 0 Å². The summed E-state index contributed by atoms with van der Waals surface area (Å²) in [7, 11) is 0. The molecular formula is C34H40N6O2. The monoisotopic (exact) mass is 564 g/mol. The first-order chi connectivity index (χ1) is 20.5. The lowest BCUT2D eigenvalue weighted by molar-refractivity contribution is -0.129. The molecule has 2 atom stereocenters. The van der Waals surface area contributed by atoms with E-state index >= 15 is 0 Å². The Morgan fingerprint density at radius 2 is 1.29 bits per heavy atom. The van der Waals surface area contributed by atoms with E-state index in [9.17, 15) is 9.59 Å². The van der Waals surface area contributed by atoms with Crippen LogP contribution in [0, 0.1) is 0 Å². The van der Waals surface area contributed by atoms with Gasteiger partial charge in [-0.2, -0.15) is 0 Å². The third kappa shape index (κ3) is 7.26. The molecule has 5 aromatic rings. The summed E-state index contributed by atoms with van der Waals surface area (Å²) in [5.74, 6) is -0.586. The summed E-state index contributed by atoms with van der Waals surface area (Å²) < 4.78 is 0. The van der Waals surface area contributed by atoms with Crippen molar-refractivity contribution in [2.45, 2.75) is 50.6 Å². The molecule has 0 saturated carbocycles. The van der Waals surface area contributed by atoms with Crippen LogP contribution < -0.4 is 22.1 Å². The molecule has 42 heavy (non-hydrogen) atoms. The lowest BCUT2D eigenvalue weighted by atomic mass is 10.0. The van der Waals surface area contributed by atoms with Crippen molar-refractivity contribution in [3.05, 3.63) is 107 Å². The van der Waals surface area contributed by atoms with E-state index < -0.39 is 12.1 Å². The average molecular weight is 565 g/mol. The van der Waals surface area contributed by atoms with Crippen molar-refractivity contribution in [1.82, 2.24) is 20.6 Å². The number of carbonyl (C=O) groups excluding carboxylic acids is 2. The standard InChI is InChI=1S/C34H40N6O2/c35-17-6-5-7-23-12-14-24(15-13-23)16-18-37-34(42)32(20-26-22-39-31-11-4-2-9-28(26)31)40-33(41)29(36)19-25-21-38-30-10-3-1-8-27(25)30/h1-4,8-15,21-22,29,32,38-39H,5-7,16-20,35-36H2,(H,37,42)(H,40,41)/t29-,32-/m0/s1. The molecule has 0 aliphatic rings. The van der Waals surface area contributed by atoms with Gasteiger partial charge < -0.3 is 32.1 Å². The second kappa shape index (κ2) is 14.0. The van der Waals surface area contributed by atoms with Crippen LogP contribution >= 0.6 is 0 Å². The third-order valence-electron chi connectivity index (χ3n) is 7.84. The third-order valence-corrected chi connectivity index (χ3v) is 7.84. The van der Waals surface area contributed by atoms with E-state index in [1.54, 1.807) is 0 Å². The van der Waals surface area contributed by atoms with Crippen molar-refractivity contribution >= 4 is 33.6 Å². The smallest absolute Gasteiger partial charge is 0.242 e. The molecule has 0 bridgehead atoms. The molecule has 8 N–H and O–H groups in total. The first-order valence-corrected chi connectivity index (χ1v) is 14.7. The number of carbonyl (C=O) groups is 2. The number of aryl methyl sites for hydroxylation is 1. The highest BCUT2D eigenvalue weighted by Gasteiger charge is 2.25. The zero-order chi connectivity index (χ0) is 29.3. The molecule has 0 spiro atoms. The van der Waals surface area contributed by atoms with E-state index in [4.69, 9.17) is 11.5 Å². The Bertz CT molecular complexity index is 1620. The lowest BCUT2D eigenvalue weighted by Gasteiger charge is -2.21. The number of amides is 2. The Kier molecular flexibility index (Phi) is 9.69. The van der Waals surface area contributed by atoms with Crippen molar-refractivity contribution < 1.29 is 9.59 Å². The Morgan fingerprint density at radius 3 is 1.90 bits per heavy atom. The number of rotatable bonds is 14. The topological polar surface area (TPSA) is 142 Å². The lowest BCUT2D eigenvalue weighted by Crippen LogP contribution is -2.53. The Balaban J connectivity index is 1.23. The van der Waals surface area contributed by atoms with E-state index in [2.05, 4.69) is 44.9 Å². The SMILES string of the molecule is NCCCCc1ccc(CCNC(=O)[C@H](Cc2c[nH]c3ccccc23)NC(=O)[C@@H](N)Cc2c[nH]c3ccccc23)cc1. The molecule has 0 fully saturated rings. The van der Waals surface area contributed by atoms with E-state index in [1.807, 2.05) is 60.9 Å². The summed E-state index contributed by atoms with van der Waals surface area (Å²) >= 11 is 0. The van der Waals surface area contributed by atoms with Crippen LogP contribution in [0.15, 0.2) is 85.2 Å². The summed E-state index contributed by atoms with van der Waals surface area (Å²) in [6.07, 6.45) is 8.32. The van der Waals surface area contributed by atoms with Gasteiger partial charge in [0.2, 0.25) is 11.8 Å². The quantitative estimate of drug-likeness (QED) is 0.114. The highest BCUT2D eigenvalue weighted by Crippen LogP contribution is 2.21. The van der Waals surface area contributed by atoms with Crippen molar-refractivity contribution in [2.75, 3.05) is 13.1 Å². The second-order valence-corrected chi connectivity index (χ2v) is 10.9. The first-order valence-electron chi connectivity index (χ1n) is 14.7. The average Bonchev–Trinajstić information content (AvgIpc) is 3.61. The molecule has 0 saturated heterocycles. The largest absolute Gasteiger partial charge is 0.361 e. The molecule has 5 rings (SSSR count). The zero-order valence-corrected chi connectivity index (χ0v) is 23.9. The fourth-order valence-electron chi connectivity index (χ4n) is 5.44. The minimum Gasteiger partial charge on any atom is -0.361 e. The summed E-state index contributed by atoms with van der Waals surface area (Å²) in [6.45, 7) is 1.18. The van der Waals surface area contributed by atoms with E-state index in [0.29, 0.717) is 25.8 Å². The van der Waals surface area contributed by atoms with Gasteiger partial charge in [-0.1, -0.05) is 60.7 Å². The Morgan fingerprint density at radius 1 is 0.714 bits per heavy atom. The summed E-state index contributed by atoms with van der Waals surface area (Å²) in [5, 5.41) is 8.06. The van der Waals surface area contributed by atoms with Crippen LogP contribution in [0.25, 0.3) is 21.8 Å². The van der Waals surface area contributed by atoms with Gasteiger partial charge in [0.05, 0.1) is 6.04 Å². The van der Waals surface area contributed by atoms with Crippen molar-refractivity contribution in [1.29, 1.82) is 0 Å². The minimum absolute atomic E-state index is 0.230. The molecule has 2 heterocycles. The van der Waals surface area contributed by atoms with E-state index in [-0.39, 0.29) is 11.8 Å². The molecule has 8 heteroatoms. The summed E-state index contributed by atoms with van der Waals surface area (Å²) in [5.41, 5.74) is 18.3. The van der Waals surface area contributed by atoms with E-state index in [0.717, 1.165) is 64.3 Å². The normalized spacial score (nSPS) is 12.8. The molecule has 218 valence electrons. The number of para-hydroxylation sites is 2. The number of aromatic nitrogens is 2. The zero-order valence-electron chi connectivity index (χ0n) is 23.9. The second-order valence-electron chi connectivity index (χ2n) is 10.9. The molecule has 0 aliphatic carbocycles. The van der Waals surface area contributed by atoms with Crippen LogP contribution in [0.4, 0.5) is 0 Å². The first kappa shape index (κ1) is 29.1. The van der Waals surface area contributed by atoms with Gasteiger partial charge in [-0.25, -0.2) is 0 Å². The molecule has 0 unspecified atom stereocenters. The number of benzene rings is 3. The number of nitrogens with two attached hydrogens (primary N) is 2. The van der Waals surface area contributed by atoms with Crippen molar-refractivity contribution in [3.8, 4) is 0 Å². The number of nitrogens with one attached hydrogen (secondary N) is 4. The van der Waals surface area contributed by atoms with Gasteiger partial charge >= 0.3 is 0 Å². The summed E-state index contributed by atoms with van der Waals surface area (Å²) in [6, 6.07) is 22.8. The Hall–Kier alpha value is -4.40. The van der Waals surface area contributed by atoms with Gasteiger partial charge in [-0.05, 0) is 73.0 Å². The highest BCUT2D eigenvalue weighted by atomic mass is 16.2. The van der Waals surface area contributed by atoms with E-state index in [1.165, 1.54) is 5.56 Å². The van der Waals surface area contributed by atoms with Gasteiger partial charge in [0.1, 0.15) is 6.04 Å². The van der Waals surface area contributed by atoms with Crippen LogP contribution in [0.1, 0.15) is 35.1 Å². The van der Waals surface area contributed by atoms with Gasteiger partial charge in [0.25, 0.3) is 0 Å². The molecule has 2 aromatic heterocycles. The predicted molar refractivity (Wildman–Crippen MR) is 169 cm³/mol. The molecule has 8 nitrogen and oxygen atoms in total. The van der Waals surface area contributed by atoms with Crippen LogP contribution in [-0.2, 0) is 35.3 Å². The number of fused-ring (bicyclic) bond motifs is 2.